The number of hydrogen-bond donors (Lipinski definition) is 3. The number of aryl methyl sites for hydroxylation is 1. The fourth-order valence-corrected chi connectivity index (χ4v) is 3.66. The minimum atomic E-state index is -1.05. The van der Waals surface area contributed by atoms with Crippen LogP contribution in [0.15, 0.2) is 10.6 Å². The van der Waals surface area contributed by atoms with Gasteiger partial charge in [0.25, 0.3) is 5.91 Å². The number of amides is 3. The summed E-state index contributed by atoms with van der Waals surface area (Å²) in [5.41, 5.74) is -0.343. The molecule has 3 N–H and O–H groups in total. The maximum Gasteiger partial charge on any atom is 0.274 e. The Balaban J connectivity index is 2.10. The van der Waals surface area contributed by atoms with Gasteiger partial charge in [-0.15, -0.1) is 0 Å². The van der Waals surface area contributed by atoms with Crippen molar-refractivity contribution >= 4 is 23.5 Å². The third-order valence-corrected chi connectivity index (χ3v) is 6.00. The highest BCUT2D eigenvalue weighted by atomic mass is 16.5. The number of hydrogen-bond acceptors (Lipinski definition) is 7. The van der Waals surface area contributed by atoms with Crippen LogP contribution in [0, 0.1) is 24.2 Å². The lowest BCUT2D eigenvalue weighted by Gasteiger charge is -2.28. The maximum absolute atomic E-state index is 13.2. The number of Topliss-reactive ketones (excluding diaryl/α,β-unsaturated/α-hetero) is 1. The SMILES string of the molecule is COC[C@H](NC(=O)c1cc(C)on1)C(=O)N[C@H](C(=O)N[C@@H](CC(C)C)C(=O)C1(C)CC1)C(C)C. The standard InChI is InChI=1S/C24H38N4O6/c1-13(2)10-16(20(29)24(6)8-9-24)25-23(32)19(14(3)4)27-22(31)18(12-33-7)26-21(30)17-11-15(5)34-28-17/h11,13-14,16,18-19H,8-10,12H2,1-7H3,(H,25,32)(H,26,30)(H,27,31)/t16-,18-,19-/m0/s1. The number of nitrogens with zero attached hydrogens (tertiary/aromatic N) is 1. The molecule has 34 heavy (non-hydrogen) atoms. The summed E-state index contributed by atoms with van der Waals surface area (Å²) in [7, 11) is 1.40. The summed E-state index contributed by atoms with van der Waals surface area (Å²) in [6, 6.07) is -1.11. The van der Waals surface area contributed by atoms with Crippen LogP contribution in [0.2, 0.25) is 0 Å². The Morgan fingerprint density at radius 2 is 1.71 bits per heavy atom. The van der Waals surface area contributed by atoms with Crippen molar-refractivity contribution in [3.8, 4) is 0 Å². The molecule has 10 nitrogen and oxygen atoms in total. The lowest BCUT2D eigenvalue weighted by Crippen LogP contribution is -2.58. The molecule has 1 aromatic heterocycles. The first-order chi connectivity index (χ1) is 15.9. The zero-order chi connectivity index (χ0) is 25.6. The van der Waals surface area contributed by atoms with E-state index in [-0.39, 0.29) is 35.3 Å². The molecule has 10 heteroatoms. The third-order valence-electron chi connectivity index (χ3n) is 6.00. The fraction of sp³-hybridized carbons (Fsp3) is 0.708. The van der Waals surface area contributed by atoms with E-state index in [1.807, 2.05) is 20.8 Å². The number of ether oxygens (including phenoxy) is 1. The van der Waals surface area contributed by atoms with Crippen molar-refractivity contribution in [1.29, 1.82) is 0 Å². The van der Waals surface area contributed by atoms with E-state index in [0.717, 1.165) is 12.8 Å². The number of carbonyl (C=O) groups is 4. The molecule has 190 valence electrons. The second kappa shape index (κ2) is 11.6. The van der Waals surface area contributed by atoms with Gasteiger partial charge >= 0.3 is 0 Å². The summed E-state index contributed by atoms with van der Waals surface area (Å²) >= 11 is 0. The Morgan fingerprint density at radius 3 is 2.18 bits per heavy atom. The van der Waals surface area contributed by atoms with Crippen molar-refractivity contribution in [2.24, 2.45) is 17.3 Å². The van der Waals surface area contributed by atoms with Crippen LogP contribution in [0.25, 0.3) is 0 Å². The monoisotopic (exact) mass is 478 g/mol. The molecule has 1 aliphatic carbocycles. The number of nitrogens with one attached hydrogen (secondary N) is 3. The maximum atomic E-state index is 13.2. The average molecular weight is 479 g/mol. The first-order valence-electron chi connectivity index (χ1n) is 11.8. The molecule has 0 saturated heterocycles. The van der Waals surface area contributed by atoms with Crippen LogP contribution in [-0.4, -0.2) is 60.5 Å². The second-order valence-corrected chi connectivity index (χ2v) is 10.2. The van der Waals surface area contributed by atoms with Gasteiger partial charge in [-0.25, -0.2) is 0 Å². The van der Waals surface area contributed by atoms with Crippen LogP contribution in [0.1, 0.15) is 70.1 Å². The second-order valence-electron chi connectivity index (χ2n) is 10.2. The molecule has 3 atom stereocenters. The van der Waals surface area contributed by atoms with Gasteiger partial charge in [0.15, 0.2) is 11.5 Å². The predicted molar refractivity (Wildman–Crippen MR) is 125 cm³/mol. The fourth-order valence-electron chi connectivity index (χ4n) is 3.66. The molecule has 0 aliphatic heterocycles. The normalized spacial score (nSPS) is 17.1. The van der Waals surface area contributed by atoms with Gasteiger partial charge in [-0.1, -0.05) is 39.8 Å². The average Bonchev–Trinajstić information content (AvgIpc) is 3.35. The van der Waals surface area contributed by atoms with Gasteiger partial charge in [0.2, 0.25) is 11.8 Å². The molecule has 0 spiro atoms. The van der Waals surface area contributed by atoms with Crippen LogP contribution in [0.3, 0.4) is 0 Å². The molecule has 1 heterocycles. The lowest BCUT2D eigenvalue weighted by molar-refractivity contribution is -0.134. The largest absolute Gasteiger partial charge is 0.382 e. The Kier molecular flexibility index (Phi) is 9.37. The summed E-state index contributed by atoms with van der Waals surface area (Å²) in [5, 5.41) is 11.8. The smallest absolute Gasteiger partial charge is 0.274 e. The highest BCUT2D eigenvalue weighted by Crippen LogP contribution is 2.47. The molecular weight excluding hydrogens is 440 g/mol. The molecule has 0 radical (unpaired) electrons. The molecule has 0 unspecified atom stereocenters. The summed E-state index contributed by atoms with van der Waals surface area (Å²) < 4.78 is 9.99. The zero-order valence-electron chi connectivity index (χ0n) is 21.2. The molecule has 0 aromatic carbocycles. The minimum absolute atomic E-state index is 0.0353. The zero-order valence-corrected chi connectivity index (χ0v) is 21.2. The van der Waals surface area contributed by atoms with Crippen molar-refractivity contribution in [3.05, 3.63) is 17.5 Å². The van der Waals surface area contributed by atoms with Crippen LogP contribution in [-0.2, 0) is 19.1 Å². The van der Waals surface area contributed by atoms with E-state index in [1.165, 1.54) is 13.2 Å². The molecule has 1 fully saturated rings. The molecule has 1 saturated carbocycles. The topological polar surface area (TPSA) is 140 Å². The molecule has 1 aliphatic rings. The quantitative estimate of drug-likeness (QED) is 0.392. The Hall–Kier alpha value is -2.75. The van der Waals surface area contributed by atoms with Gasteiger partial charge in [0.1, 0.15) is 17.8 Å². The van der Waals surface area contributed by atoms with Gasteiger partial charge in [0.05, 0.1) is 12.6 Å². The Bertz CT molecular complexity index is 890. The van der Waals surface area contributed by atoms with E-state index < -0.39 is 35.8 Å². The van der Waals surface area contributed by atoms with E-state index in [1.54, 1.807) is 20.8 Å². The van der Waals surface area contributed by atoms with E-state index in [2.05, 4.69) is 21.1 Å². The van der Waals surface area contributed by atoms with Gasteiger partial charge in [-0.3, -0.25) is 19.2 Å². The number of rotatable bonds is 13. The van der Waals surface area contributed by atoms with E-state index in [0.29, 0.717) is 12.2 Å². The molecular formula is C24H38N4O6. The van der Waals surface area contributed by atoms with Crippen molar-refractivity contribution < 1.29 is 28.4 Å². The van der Waals surface area contributed by atoms with Crippen molar-refractivity contribution in [2.75, 3.05) is 13.7 Å². The lowest BCUT2D eigenvalue weighted by atomic mass is 9.90. The minimum Gasteiger partial charge on any atom is -0.382 e. The third kappa shape index (κ3) is 7.38. The highest BCUT2D eigenvalue weighted by Gasteiger charge is 2.48. The van der Waals surface area contributed by atoms with E-state index in [4.69, 9.17) is 9.26 Å². The number of ketones is 1. The van der Waals surface area contributed by atoms with Gasteiger partial charge < -0.3 is 25.2 Å². The molecule has 2 rings (SSSR count). The van der Waals surface area contributed by atoms with Crippen molar-refractivity contribution in [3.63, 3.8) is 0 Å². The first kappa shape index (κ1) is 27.5. The number of aromatic nitrogens is 1. The van der Waals surface area contributed by atoms with Crippen LogP contribution < -0.4 is 16.0 Å². The summed E-state index contributed by atoms with van der Waals surface area (Å²) in [5.74, 6) is -1.15. The number of carbonyl (C=O) groups excluding carboxylic acids is 4. The van der Waals surface area contributed by atoms with Crippen molar-refractivity contribution in [1.82, 2.24) is 21.1 Å². The van der Waals surface area contributed by atoms with E-state index >= 15 is 0 Å². The Labute approximate surface area is 200 Å². The predicted octanol–water partition coefficient (Wildman–Crippen LogP) is 1.77. The van der Waals surface area contributed by atoms with Gasteiger partial charge in [-0.2, -0.15) is 0 Å². The summed E-state index contributed by atoms with van der Waals surface area (Å²) in [4.78, 5) is 51.6. The van der Waals surface area contributed by atoms with Crippen LogP contribution >= 0.6 is 0 Å². The Morgan fingerprint density at radius 1 is 1.06 bits per heavy atom. The van der Waals surface area contributed by atoms with E-state index in [9.17, 15) is 19.2 Å². The molecule has 3 amide bonds. The summed E-state index contributed by atoms with van der Waals surface area (Å²) in [6.07, 6.45) is 2.17. The number of methoxy groups -OCH3 is 1. The van der Waals surface area contributed by atoms with Gasteiger partial charge in [0, 0.05) is 18.6 Å². The van der Waals surface area contributed by atoms with Crippen LogP contribution in [0.4, 0.5) is 0 Å². The first-order valence-corrected chi connectivity index (χ1v) is 11.8. The van der Waals surface area contributed by atoms with Gasteiger partial charge in [-0.05, 0) is 38.0 Å². The van der Waals surface area contributed by atoms with Crippen molar-refractivity contribution in [2.45, 2.75) is 78.9 Å². The summed E-state index contributed by atoms with van der Waals surface area (Å²) in [6.45, 7) is 11.1. The van der Waals surface area contributed by atoms with Crippen LogP contribution in [0.5, 0.6) is 0 Å². The highest BCUT2D eigenvalue weighted by molar-refractivity contribution is 5.98. The molecule has 0 bridgehead atoms. The molecule has 1 aromatic rings.